The van der Waals surface area contributed by atoms with E-state index in [1.165, 1.54) is 6.33 Å². The van der Waals surface area contributed by atoms with Crippen LogP contribution in [0.2, 0.25) is 0 Å². The Morgan fingerprint density at radius 1 is 1.23 bits per heavy atom. The average molecular weight is 301 g/mol. The van der Waals surface area contributed by atoms with Gasteiger partial charge in [-0.3, -0.25) is 0 Å². The monoisotopic (exact) mass is 301 g/mol. The van der Waals surface area contributed by atoms with Crippen molar-refractivity contribution in [2.75, 3.05) is 25.2 Å². The van der Waals surface area contributed by atoms with Crippen molar-refractivity contribution in [3.8, 4) is 5.75 Å². The molecule has 0 fully saturated rings. The number of aryl methyl sites for hydroxylation is 1. The van der Waals surface area contributed by atoms with E-state index < -0.39 is 6.67 Å². The molecule has 0 aliphatic rings. The Kier molecular flexibility index (Phi) is 3.91. The van der Waals surface area contributed by atoms with Crippen molar-refractivity contribution in [1.82, 2.24) is 9.97 Å². The normalized spacial score (nSPS) is 10.9. The van der Waals surface area contributed by atoms with E-state index in [9.17, 15) is 4.39 Å². The molecule has 0 bridgehead atoms. The van der Waals surface area contributed by atoms with E-state index in [0.717, 1.165) is 22.5 Å². The fourth-order valence-electron chi connectivity index (χ4n) is 2.30. The predicted molar refractivity (Wildman–Crippen MR) is 82.5 cm³/mol. The topological polar surface area (TPSA) is 51.4 Å². The minimum absolute atomic E-state index is 0.0654. The number of anilines is 2. The number of fused-ring (bicyclic) bond motifs is 1. The van der Waals surface area contributed by atoms with E-state index in [1.54, 1.807) is 6.26 Å². The number of benzene rings is 1. The number of hydrogen-bond donors (Lipinski definition) is 0. The molecule has 22 heavy (non-hydrogen) atoms. The molecule has 114 valence electrons. The van der Waals surface area contributed by atoms with E-state index in [0.29, 0.717) is 11.5 Å². The molecule has 0 saturated heterocycles. The van der Waals surface area contributed by atoms with Crippen LogP contribution in [-0.4, -0.2) is 30.3 Å². The van der Waals surface area contributed by atoms with Crippen molar-refractivity contribution >= 4 is 22.6 Å². The number of nitrogens with zero attached hydrogens (tertiary/aromatic N) is 3. The first-order valence-corrected chi connectivity index (χ1v) is 6.92. The number of furan rings is 1. The summed E-state index contributed by atoms with van der Waals surface area (Å²) in [6, 6.07) is 7.41. The molecule has 6 heteroatoms. The highest BCUT2D eigenvalue weighted by Crippen LogP contribution is 2.31. The molecule has 0 atom stereocenters. The van der Waals surface area contributed by atoms with E-state index >= 15 is 0 Å². The number of hydrogen-bond acceptors (Lipinski definition) is 5. The molecule has 5 nitrogen and oxygen atoms in total. The number of aromatic nitrogens is 2. The fraction of sp³-hybridized carbons (Fsp3) is 0.250. The Hall–Kier alpha value is -2.63. The van der Waals surface area contributed by atoms with Crippen molar-refractivity contribution in [3.05, 3.63) is 42.4 Å². The second kappa shape index (κ2) is 6.01. The quantitative estimate of drug-likeness (QED) is 0.720. The summed E-state index contributed by atoms with van der Waals surface area (Å²) in [6.07, 6.45) is 3.15. The number of halogens is 1. The van der Waals surface area contributed by atoms with Gasteiger partial charge in [0, 0.05) is 18.3 Å². The summed E-state index contributed by atoms with van der Waals surface area (Å²) in [7, 11) is 1.92. The highest BCUT2D eigenvalue weighted by molar-refractivity contribution is 5.91. The van der Waals surface area contributed by atoms with Crippen LogP contribution in [0.1, 0.15) is 5.56 Å². The van der Waals surface area contributed by atoms with Crippen LogP contribution in [-0.2, 0) is 0 Å². The van der Waals surface area contributed by atoms with Gasteiger partial charge in [0.05, 0.1) is 11.6 Å². The Balaban J connectivity index is 1.92. The molecular formula is C16H16FN3O2. The van der Waals surface area contributed by atoms with Crippen molar-refractivity contribution in [1.29, 1.82) is 0 Å². The lowest BCUT2D eigenvalue weighted by molar-refractivity contribution is 0.273. The van der Waals surface area contributed by atoms with Crippen LogP contribution in [0.4, 0.5) is 15.9 Å². The van der Waals surface area contributed by atoms with Crippen molar-refractivity contribution in [3.63, 3.8) is 0 Å². The van der Waals surface area contributed by atoms with E-state index in [1.807, 2.05) is 43.1 Å². The first-order valence-electron chi connectivity index (χ1n) is 6.92. The molecule has 0 saturated carbocycles. The molecule has 1 aromatic carbocycles. The minimum atomic E-state index is -0.500. The SMILES string of the molecule is Cc1coc2ncnc(N(C)c3ccc(OCCF)cc3)c12. The number of alkyl halides is 1. The summed E-state index contributed by atoms with van der Waals surface area (Å²) in [5.41, 5.74) is 2.49. The summed E-state index contributed by atoms with van der Waals surface area (Å²) in [6.45, 7) is 1.52. The van der Waals surface area contributed by atoms with Crippen LogP contribution in [0.3, 0.4) is 0 Å². The molecule has 3 aromatic rings. The molecule has 0 radical (unpaired) electrons. The van der Waals surface area contributed by atoms with E-state index in [-0.39, 0.29) is 6.61 Å². The molecule has 0 aliphatic heterocycles. The molecule has 2 heterocycles. The van der Waals surface area contributed by atoms with Crippen LogP contribution >= 0.6 is 0 Å². The largest absolute Gasteiger partial charge is 0.491 e. The smallest absolute Gasteiger partial charge is 0.231 e. The summed E-state index contributed by atoms with van der Waals surface area (Å²) < 4.78 is 22.8. The molecule has 0 amide bonds. The van der Waals surface area contributed by atoms with Gasteiger partial charge in [0.25, 0.3) is 0 Å². The molecule has 0 N–H and O–H groups in total. The van der Waals surface area contributed by atoms with Gasteiger partial charge < -0.3 is 14.1 Å². The Bertz CT molecular complexity index is 771. The van der Waals surface area contributed by atoms with Crippen LogP contribution in [0.5, 0.6) is 5.75 Å². The van der Waals surface area contributed by atoms with Gasteiger partial charge in [-0.1, -0.05) is 0 Å². The van der Waals surface area contributed by atoms with Gasteiger partial charge >= 0.3 is 0 Å². The zero-order valence-electron chi connectivity index (χ0n) is 12.4. The van der Waals surface area contributed by atoms with E-state index in [2.05, 4.69) is 9.97 Å². The fourth-order valence-corrected chi connectivity index (χ4v) is 2.30. The molecule has 0 spiro atoms. The van der Waals surface area contributed by atoms with Gasteiger partial charge in [0.1, 0.15) is 31.2 Å². The molecule has 0 unspecified atom stereocenters. The third-order valence-corrected chi connectivity index (χ3v) is 3.42. The van der Waals surface area contributed by atoms with Gasteiger partial charge in [0.2, 0.25) is 5.71 Å². The Labute approximate surface area is 127 Å². The molecular weight excluding hydrogens is 285 g/mol. The van der Waals surface area contributed by atoms with E-state index in [4.69, 9.17) is 9.15 Å². The van der Waals surface area contributed by atoms with Gasteiger partial charge in [-0.15, -0.1) is 0 Å². The lowest BCUT2D eigenvalue weighted by Crippen LogP contribution is -2.12. The summed E-state index contributed by atoms with van der Waals surface area (Å²) in [5.74, 6) is 1.41. The summed E-state index contributed by atoms with van der Waals surface area (Å²) >= 11 is 0. The first-order chi connectivity index (χ1) is 10.7. The second-order valence-electron chi connectivity index (χ2n) is 4.89. The lowest BCUT2D eigenvalue weighted by Gasteiger charge is -2.19. The molecule has 2 aromatic heterocycles. The van der Waals surface area contributed by atoms with Gasteiger partial charge in [-0.05, 0) is 31.2 Å². The number of ether oxygens (including phenoxy) is 1. The zero-order chi connectivity index (χ0) is 15.5. The second-order valence-corrected chi connectivity index (χ2v) is 4.89. The van der Waals surface area contributed by atoms with Crippen LogP contribution in [0.25, 0.3) is 11.1 Å². The third-order valence-electron chi connectivity index (χ3n) is 3.42. The maximum absolute atomic E-state index is 12.1. The highest BCUT2D eigenvalue weighted by Gasteiger charge is 2.15. The average Bonchev–Trinajstić information content (AvgIpc) is 2.94. The van der Waals surface area contributed by atoms with Gasteiger partial charge in [-0.2, -0.15) is 0 Å². The van der Waals surface area contributed by atoms with Gasteiger partial charge in [0.15, 0.2) is 0 Å². The van der Waals surface area contributed by atoms with Crippen LogP contribution in [0.15, 0.2) is 41.3 Å². The Morgan fingerprint density at radius 3 is 2.73 bits per heavy atom. The van der Waals surface area contributed by atoms with Crippen molar-refractivity contribution in [2.24, 2.45) is 0 Å². The first kappa shape index (κ1) is 14.3. The predicted octanol–water partition coefficient (Wildman–Crippen LogP) is 3.65. The summed E-state index contributed by atoms with van der Waals surface area (Å²) in [5, 5.41) is 0.891. The Morgan fingerprint density at radius 2 is 2.00 bits per heavy atom. The number of rotatable bonds is 5. The summed E-state index contributed by atoms with van der Waals surface area (Å²) in [4.78, 5) is 10.4. The zero-order valence-corrected chi connectivity index (χ0v) is 12.4. The maximum Gasteiger partial charge on any atom is 0.231 e. The van der Waals surface area contributed by atoms with Crippen LogP contribution in [0, 0.1) is 6.92 Å². The minimum Gasteiger partial charge on any atom is -0.491 e. The standard InChI is InChI=1S/C16H16FN3O2/c1-11-9-22-16-14(11)15(18-10-19-16)20(2)12-3-5-13(6-4-12)21-8-7-17/h3-6,9-10H,7-8H2,1-2H3. The van der Waals surface area contributed by atoms with Crippen LogP contribution < -0.4 is 9.64 Å². The van der Waals surface area contributed by atoms with Crippen molar-refractivity contribution in [2.45, 2.75) is 6.92 Å². The van der Waals surface area contributed by atoms with Gasteiger partial charge in [-0.25, -0.2) is 14.4 Å². The lowest BCUT2D eigenvalue weighted by atomic mass is 10.2. The highest BCUT2D eigenvalue weighted by atomic mass is 19.1. The van der Waals surface area contributed by atoms with Crippen molar-refractivity contribution < 1.29 is 13.5 Å². The third kappa shape index (κ3) is 2.59. The molecule has 3 rings (SSSR count). The molecule has 0 aliphatic carbocycles. The maximum atomic E-state index is 12.1.